The van der Waals surface area contributed by atoms with Crippen LogP contribution < -0.4 is 74.3 Å². The van der Waals surface area contributed by atoms with Gasteiger partial charge >= 0.3 is 34.2 Å². The van der Waals surface area contributed by atoms with Crippen molar-refractivity contribution in [3.8, 4) is 0 Å². The first-order chi connectivity index (χ1) is 51.3. The molecular weight excluding hydrogens is 1250 g/mol. The fraction of sp³-hybridized carbons (Fsp3) is 0.262. The van der Waals surface area contributed by atoms with Gasteiger partial charge in [-0.25, -0.2) is 22.8 Å². The van der Waals surface area contributed by atoms with Gasteiger partial charge in [0.1, 0.15) is 0 Å². The standard InChI is InChI=1S/C20H26BN2.C19H24BN2.3C15H17BN3/c1-15(2)12-17-10-11-22(5)20(14-17)23-16(3)13-18-8-6-7-9-19(18)21(23)4;1-14(2)16-10-11-21(5)19(13-16)22-15(3)12-17-8-6-7-9-18(17)20(22)4;1-12-11-13-7-6-9-17-15(13)16(2)19(12)14-8-4-5-10-18(14)3;1-12-10-13-11-17-8-7-14(13)16(2)19(12)15-6-4-5-9-18(15)3;1-12-10-13-7-8-17-11-14(13)16(2)19(12)15-6-4-5-9-18(15)3/h6-11,13-15H,12H2,1-5H3;6-14H,1-5H3;3*4-11H,1-3H3/q5*+1/i12D2;1D3,14D;;;. The van der Waals surface area contributed by atoms with Gasteiger partial charge in [0, 0.05) is 69.5 Å². The molecule has 5 aliphatic rings. The molecule has 5 aliphatic heterocycles. The Kier molecular flexibility index (Phi) is 20.5. The normalized spacial score (nSPS) is 15.9. The fourth-order valence-corrected chi connectivity index (χ4v) is 14.9. The van der Waals surface area contributed by atoms with Crippen LogP contribution in [-0.2, 0) is 41.6 Å². The van der Waals surface area contributed by atoms with Crippen LogP contribution >= 0.6 is 0 Å². The average Bonchev–Trinajstić information content (AvgIpc) is 0.782. The van der Waals surface area contributed by atoms with Gasteiger partial charge < -0.3 is 0 Å². The highest BCUT2D eigenvalue weighted by molar-refractivity contribution is 6.79. The zero-order valence-electron chi connectivity index (χ0n) is 68.9. The van der Waals surface area contributed by atoms with Crippen LogP contribution in [0.2, 0.25) is 34.1 Å². The number of aromatic nitrogens is 8. The molecule has 0 saturated heterocycles. The maximum Gasteiger partial charge on any atom is 0.428 e. The number of hydrogen-bond acceptors (Lipinski definition) is 8. The minimum Gasteiger partial charge on any atom is -0.290 e. The largest absolute Gasteiger partial charge is 0.428 e. The molecule has 1 unspecified atom stereocenters. The van der Waals surface area contributed by atoms with E-state index >= 15 is 0 Å². The minimum atomic E-state index is -2.39. The molecule has 0 N–H and O–H groups in total. The topological polar surface area (TPSA) is 74.3 Å². The summed E-state index contributed by atoms with van der Waals surface area (Å²) < 4.78 is 59.0. The Morgan fingerprint density at radius 1 is 0.392 bits per heavy atom. The molecular formula is C84H101B5N13+5. The molecule has 13 heterocycles. The number of hydrogen-bond donors (Lipinski definition) is 0. The highest BCUT2D eigenvalue weighted by Gasteiger charge is 2.42. The lowest BCUT2D eigenvalue weighted by atomic mass is 9.53. The Bertz CT molecular complexity index is 4850. The third-order valence-corrected chi connectivity index (χ3v) is 19.9. The number of anilines is 5. The van der Waals surface area contributed by atoms with Gasteiger partial charge in [0.05, 0.1) is 100 Å². The lowest BCUT2D eigenvalue weighted by molar-refractivity contribution is -0.658. The third kappa shape index (κ3) is 15.7. The van der Waals surface area contributed by atoms with Gasteiger partial charge in [-0.15, -0.1) is 0 Å². The van der Waals surface area contributed by atoms with Crippen LogP contribution in [0.1, 0.15) is 115 Å². The van der Waals surface area contributed by atoms with Gasteiger partial charge in [0.2, 0.25) is 0 Å². The SMILES string of the molecule is CB1c2ccncc2C=C(C)N1c1cccc[n+]1C.CB1c2cnccc2C=C(C)N1c1cccc[n+]1C.CB1c2ncccc2C=C(C)N1c1cccc[n+]1C.[2H]C([2H])([2H])C([2H])(C)c1cc[n+](C)c(N2B(C)c3ccccc3C=C2C)c1.[2H]C([2H])(c1cc[n+](C)c(N2B(C)c3ccccc3C=C2C)c1)C(C)C. The van der Waals surface area contributed by atoms with Crippen LogP contribution in [0.3, 0.4) is 0 Å². The first-order valence-corrected chi connectivity index (χ1v) is 35.5. The molecule has 0 radical (unpaired) electrons. The Morgan fingerprint density at radius 3 is 1.29 bits per heavy atom. The van der Waals surface area contributed by atoms with E-state index in [1.807, 2.05) is 124 Å². The average molecular weight is 1350 g/mol. The van der Waals surface area contributed by atoms with Crippen LogP contribution in [0, 0.1) is 5.92 Å². The van der Waals surface area contributed by atoms with Crippen molar-refractivity contribution in [2.75, 3.05) is 24.1 Å². The summed E-state index contributed by atoms with van der Waals surface area (Å²) in [6.07, 6.45) is 29.2. The van der Waals surface area contributed by atoms with E-state index < -0.39 is 19.1 Å². The number of benzene rings is 2. The summed E-state index contributed by atoms with van der Waals surface area (Å²) in [5.41, 5.74) is 19.7. The van der Waals surface area contributed by atoms with Crippen LogP contribution in [0.15, 0.2) is 242 Å². The lowest BCUT2D eigenvalue weighted by Crippen LogP contribution is -2.53. The molecule has 0 bridgehead atoms. The highest BCUT2D eigenvalue weighted by atomic mass is 15.2. The molecule has 102 heavy (non-hydrogen) atoms. The van der Waals surface area contributed by atoms with Crippen molar-refractivity contribution >= 4 is 121 Å². The zero-order valence-corrected chi connectivity index (χ0v) is 62.9. The number of aryl methyl sites for hydroxylation is 5. The molecule has 15 rings (SSSR count). The van der Waals surface area contributed by atoms with Crippen LogP contribution in [0.25, 0.3) is 30.4 Å². The van der Waals surface area contributed by atoms with E-state index in [1.54, 1.807) is 6.07 Å². The van der Waals surface area contributed by atoms with E-state index in [0.29, 0.717) is 19.3 Å². The molecule has 0 spiro atoms. The van der Waals surface area contributed by atoms with Gasteiger partial charge in [-0.3, -0.25) is 39.0 Å². The number of allylic oxidation sites excluding steroid dienone is 5. The summed E-state index contributed by atoms with van der Waals surface area (Å²) in [7, 11) is 10.2. The van der Waals surface area contributed by atoms with Crippen molar-refractivity contribution in [3.63, 3.8) is 0 Å². The quantitative estimate of drug-likeness (QED) is 0.110. The zero-order chi connectivity index (χ0) is 77.8. The number of fused-ring (bicyclic) bond motifs is 5. The van der Waals surface area contributed by atoms with Crippen LogP contribution in [0.5, 0.6) is 0 Å². The molecule has 8 aromatic heterocycles. The molecule has 10 aromatic rings. The molecule has 0 saturated carbocycles. The predicted octanol–water partition coefficient (Wildman–Crippen LogP) is 11.6. The van der Waals surface area contributed by atoms with Crippen molar-refractivity contribution in [3.05, 3.63) is 281 Å². The summed E-state index contributed by atoms with van der Waals surface area (Å²) in [5.74, 6) is 3.72. The van der Waals surface area contributed by atoms with Crippen LogP contribution in [0.4, 0.5) is 29.1 Å². The summed E-state index contributed by atoms with van der Waals surface area (Å²) in [5, 5.41) is 0. The summed E-state index contributed by atoms with van der Waals surface area (Å²) in [4.78, 5) is 24.6. The number of nitrogens with zero attached hydrogens (tertiary/aromatic N) is 13. The molecule has 2 aromatic carbocycles. The highest BCUT2D eigenvalue weighted by Crippen LogP contribution is 2.30. The predicted molar refractivity (Wildman–Crippen MR) is 433 cm³/mol. The first-order valence-electron chi connectivity index (χ1n) is 38.5. The molecule has 512 valence electrons. The molecule has 18 heteroatoms. The number of pyridine rings is 8. The third-order valence-electron chi connectivity index (χ3n) is 19.9. The lowest BCUT2D eigenvalue weighted by Gasteiger charge is -2.28. The molecule has 1 atom stereocenters. The van der Waals surface area contributed by atoms with Gasteiger partial charge in [0.25, 0.3) is 29.1 Å². The fourth-order valence-electron chi connectivity index (χ4n) is 14.9. The molecule has 13 nitrogen and oxygen atoms in total. The van der Waals surface area contributed by atoms with Gasteiger partial charge in [-0.05, 0) is 227 Å². The maximum atomic E-state index is 8.45. The van der Waals surface area contributed by atoms with E-state index in [9.17, 15) is 0 Å². The first kappa shape index (κ1) is 65.0. The Labute approximate surface area is 618 Å². The molecule has 0 amide bonds. The molecule has 0 aliphatic carbocycles. The van der Waals surface area contributed by atoms with Crippen molar-refractivity contribution in [2.45, 2.75) is 109 Å². The van der Waals surface area contributed by atoms with Gasteiger partial charge in [0.15, 0.2) is 0 Å². The Balaban J connectivity index is 0.000000135. The second-order valence-electron chi connectivity index (χ2n) is 27.6. The van der Waals surface area contributed by atoms with Crippen molar-refractivity contribution in [2.24, 2.45) is 41.2 Å². The molecule has 0 fully saturated rings. The second kappa shape index (κ2) is 32.1. The van der Waals surface area contributed by atoms with Gasteiger partial charge in [-0.2, -0.15) is 0 Å². The summed E-state index contributed by atoms with van der Waals surface area (Å²) >= 11 is 0. The van der Waals surface area contributed by atoms with E-state index in [2.05, 4.69) is 293 Å². The monoisotopic (exact) mass is 1350 g/mol. The van der Waals surface area contributed by atoms with Crippen LogP contribution in [-0.4, -0.2) is 49.2 Å². The van der Waals surface area contributed by atoms with Gasteiger partial charge in [-0.1, -0.05) is 100 Å². The van der Waals surface area contributed by atoms with E-state index in [1.165, 1.54) is 96.8 Å². The second-order valence-corrected chi connectivity index (χ2v) is 27.6. The summed E-state index contributed by atoms with van der Waals surface area (Å²) in [6, 6.07) is 51.4. The minimum absolute atomic E-state index is 0.0794. The van der Waals surface area contributed by atoms with E-state index in [-0.39, 0.29) is 26.5 Å². The smallest absolute Gasteiger partial charge is 0.290 e. The van der Waals surface area contributed by atoms with E-state index in [0.717, 1.165) is 28.5 Å². The number of rotatable bonds is 8. The van der Waals surface area contributed by atoms with E-state index in [4.69, 9.17) is 8.22 Å². The Hall–Kier alpha value is -10.3. The Morgan fingerprint density at radius 2 is 0.784 bits per heavy atom. The van der Waals surface area contributed by atoms with Crippen molar-refractivity contribution in [1.29, 1.82) is 0 Å². The maximum absolute atomic E-state index is 8.45. The van der Waals surface area contributed by atoms with Crippen molar-refractivity contribution < 1.29 is 31.1 Å². The summed E-state index contributed by atoms with van der Waals surface area (Å²) in [6.45, 7) is 25.8. The van der Waals surface area contributed by atoms with Crippen molar-refractivity contribution in [1.82, 2.24) is 15.0 Å².